The van der Waals surface area contributed by atoms with Gasteiger partial charge in [-0.3, -0.25) is 5.43 Å². The number of nitrogens with one attached hydrogen (secondary N) is 1. The molecule has 0 aliphatic carbocycles. The predicted octanol–water partition coefficient (Wildman–Crippen LogP) is 5.06. The van der Waals surface area contributed by atoms with E-state index in [1.165, 1.54) is 11.1 Å². The van der Waals surface area contributed by atoms with E-state index in [2.05, 4.69) is 36.5 Å². The zero-order chi connectivity index (χ0) is 13.8. The molecule has 19 heavy (non-hydrogen) atoms. The van der Waals surface area contributed by atoms with Crippen LogP contribution in [0, 0.1) is 13.8 Å². The quantitative estimate of drug-likeness (QED) is 0.621. The lowest BCUT2D eigenvalue weighted by Gasteiger charge is -2.03. The third-order valence-corrected chi connectivity index (χ3v) is 3.48. The number of hydrazone groups is 1. The molecule has 0 bridgehead atoms. The van der Waals surface area contributed by atoms with Crippen LogP contribution < -0.4 is 5.43 Å². The van der Waals surface area contributed by atoms with E-state index in [4.69, 9.17) is 23.2 Å². The van der Waals surface area contributed by atoms with Gasteiger partial charge in [-0.05, 0) is 43.2 Å². The van der Waals surface area contributed by atoms with Crippen LogP contribution in [0.3, 0.4) is 0 Å². The van der Waals surface area contributed by atoms with E-state index in [9.17, 15) is 0 Å². The topological polar surface area (TPSA) is 24.4 Å². The number of rotatable bonds is 3. The monoisotopic (exact) mass is 292 g/mol. The predicted molar refractivity (Wildman–Crippen MR) is 83.6 cm³/mol. The number of halogens is 2. The third-order valence-electron chi connectivity index (χ3n) is 2.74. The zero-order valence-electron chi connectivity index (χ0n) is 10.7. The van der Waals surface area contributed by atoms with Crippen LogP contribution in [0.15, 0.2) is 41.5 Å². The number of aryl methyl sites for hydroxylation is 2. The molecule has 2 aromatic rings. The normalized spacial score (nSPS) is 10.9. The Morgan fingerprint density at radius 1 is 1.00 bits per heavy atom. The highest BCUT2D eigenvalue weighted by molar-refractivity contribution is 6.42. The Kier molecular flexibility index (Phi) is 4.46. The molecule has 0 saturated heterocycles. The van der Waals surface area contributed by atoms with Crippen molar-refractivity contribution in [1.82, 2.24) is 0 Å². The van der Waals surface area contributed by atoms with E-state index < -0.39 is 0 Å². The van der Waals surface area contributed by atoms with Gasteiger partial charge in [-0.25, -0.2) is 0 Å². The molecule has 0 aliphatic rings. The van der Waals surface area contributed by atoms with Crippen molar-refractivity contribution >= 4 is 35.1 Å². The lowest BCUT2D eigenvalue weighted by Crippen LogP contribution is -1.93. The Bertz CT molecular complexity index is 622. The minimum absolute atomic E-state index is 0.508. The first-order chi connectivity index (χ1) is 9.06. The van der Waals surface area contributed by atoms with Gasteiger partial charge < -0.3 is 0 Å². The lowest BCUT2D eigenvalue weighted by molar-refractivity contribution is 1.33. The second kappa shape index (κ2) is 6.09. The van der Waals surface area contributed by atoms with Crippen molar-refractivity contribution in [2.24, 2.45) is 5.10 Å². The van der Waals surface area contributed by atoms with Crippen molar-refractivity contribution in [3.63, 3.8) is 0 Å². The first-order valence-electron chi connectivity index (χ1n) is 5.87. The molecular weight excluding hydrogens is 279 g/mol. The highest BCUT2D eigenvalue weighted by Gasteiger charge is 1.98. The Morgan fingerprint density at radius 2 is 1.79 bits per heavy atom. The molecule has 98 valence electrons. The van der Waals surface area contributed by atoms with Crippen molar-refractivity contribution in [3.8, 4) is 0 Å². The average molecular weight is 293 g/mol. The zero-order valence-corrected chi connectivity index (χ0v) is 12.3. The number of benzene rings is 2. The summed E-state index contributed by atoms with van der Waals surface area (Å²) in [6.07, 6.45) is 1.79. The summed E-state index contributed by atoms with van der Waals surface area (Å²) in [7, 11) is 0. The van der Waals surface area contributed by atoms with Gasteiger partial charge >= 0.3 is 0 Å². The molecule has 2 aromatic carbocycles. The van der Waals surface area contributed by atoms with Gasteiger partial charge in [0, 0.05) is 0 Å². The second-order valence-electron chi connectivity index (χ2n) is 4.36. The first-order valence-corrected chi connectivity index (χ1v) is 6.63. The fourth-order valence-electron chi connectivity index (χ4n) is 1.71. The van der Waals surface area contributed by atoms with Crippen molar-refractivity contribution in [3.05, 3.63) is 63.1 Å². The Morgan fingerprint density at radius 3 is 2.47 bits per heavy atom. The molecule has 0 aliphatic heterocycles. The fourth-order valence-corrected chi connectivity index (χ4v) is 2.01. The fraction of sp³-hybridized carbons (Fsp3) is 0.133. The van der Waals surface area contributed by atoms with Crippen LogP contribution in [0.4, 0.5) is 5.69 Å². The SMILES string of the molecule is Cc1ccc(/C=N\Nc2ccc(Cl)c(Cl)c2)c(C)c1. The second-order valence-corrected chi connectivity index (χ2v) is 5.17. The van der Waals surface area contributed by atoms with Crippen LogP contribution in [-0.4, -0.2) is 6.21 Å². The van der Waals surface area contributed by atoms with Crippen molar-refractivity contribution in [2.45, 2.75) is 13.8 Å². The van der Waals surface area contributed by atoms with Gasteiger partial charge in [-0.2, -0.15) is 5.10 Å². The van der Waals surface area contributed by atoms with Gasteiger partial charge in [0.15, 0.2) is 0 Å². The van der Waals surface area contributed by atoms with Crippen LogP contribution in [0.1, 0.15) is 16.7 Å². The van der Waals surface area contributed by atoms with E-state index >= 15 is 0 Å². The van der Waals surface area contributed by atoms with Crippen LogP contribution >= 0.6 is 23.2 Å². The maximum absolute atomic E-state index is 5.93. The van der Waals surface area contributed by atoms with Crippen LogP contribution in [-0.2, 0) is 0 Å². The van der Waals surface area contributed by atoms with Gasteiger partial charge in [0.1, 0.15) is 0 Å². The molecular formula is C15H14Cl2N2. The molecule has 0 saturated carbocycles. The maximum atomic E-state index is 5.93. The molecule has 2 rings (SSSR count). The summed E-state index contributed by atoms with van der Waals surface area (Å²) >= 11 is 11.8. The molecule has 0 atom stereocenters. The van der Waals surface area contributed by atoms with Crippen LogP contribution in [0.25, 0.3) is 0 Å². The smallest absolute Gasteiger partial charge is 0.0613 e. The van der Waals surface area contributed by atoms with Gasteiger partial charge in [0.25, 0.3) is 0 Å². The molecule has 0 unspecified atom stereocenters. The third kappa shape index (κ3) is 3.72. The Labute approximate surface area is 123 Å². The van der Waals surface area contributed by atoms with Crippen molar-refractivity contribution < 1.29 is 0 Å². The lowest BCUT2D eigenvalue weighted by atomic mass is 10.1. The highest BCUT2D eigenvalue weighted by atomic mass is 35.5. The van der Waals surface area contributed by atoms with Crippen LogP contribution in [0.2, 0.25) is 10.0 Å². The number of anilines is 1. The molecule has 1 N–H and O–H groups in total. The molecule has 0 spiro atoms. The van der Waals surface area contributed by atoms with Crippen LogP contribution in [0.5, 0.6) is 0 Å². The summed E-state index contributed by atoms with van der Waals surface area (Å²) in [6, 6.07) is 11.5. The first kappa shape index (κ1) is 13.9. The number of hydrogen-bond acceptors (Lipinski definition) is 2. The minimum atomic E-state index is 0.508. The minimum Gasteiger partial charge on any atom is -0.278 e. The summed E-state index contributed by atoms with van der Waals surface area (Å²) in [5.41, 5.74) is 7.25. The summed E-state index contributed by atoms with van der Waals surface area (Å²) < 4.78 is 0. The summed E-state index contributed by atoms with van der Waals surface area (Å²) in [4.78, 5) is 0. The number of hydrogen-bond donors (Lipinski definition) is 1. The highest BCUT2D eigenvalue weighted by Crippen LogP contribution is 2.24. The molecule has 0 aromatic heterocycles. The van der Waals surface area contributed by atoms with Crippen molar-refractivity contribution in [1.29, 1.82) is 0 Å². The molecule has 4 heteroatoms. The van der Waals surface area contributed by atoms with E-state index in [0.29, 0.717) is 10.0 Å². The van der Waals surface area contributed by atoms with E-state index in [1.807, 2.05) is 12.1 Å². The van der Waals surface area contributed by atoms with E-state index in [-0.39, 0.29) is 0 Å². The molecule has 0 amide bonds. The number of nitrogens with zero attached hydrogens (tertiary/aromatic N) is 1. The Balaban J connectivity index is 2.09. The van der Waals surface area contributed by atoms with Crippen molar-refractivity contribution in [2.75, 3.05) is 5.43 Å². The van der Waals surface area contributed by atoms with Gasteiger partial charge in [0.05, 0.1) is 21.9 Å². The summed E-state index contributed by atoms with van der Waals surface area (Å²) in [5.74, 6) is 0. The maximum Gasteiger partial charge on any atom is 0.0613 e. The van der Waals surface area contributed by atoms with E-state index in [1.54, 1.807) is 18.3 Å². The standard InChI is InChI=1S/C15H14Cl2N2/c1-10-3-4-12(11(2)7-10)9-18-19-13-5-6-14(16)15(17)8-13/h3-9,19H,1-2H3/b18-9-. The molecule has 0 fully saturated rings. The van der Waals surface area contributed by atoms with Gasteiger partial charge in [0.2, 0.25) is 0 Å². The molecule has 0 heterocycles. The largest absolute Gasteiger partial charge is 0.278 e. The van der Waals surface area contributed by atoms with Gasteiger partial charge in [-0.15, -0.1) is 0 Å². The summed E-state index contributed by atoms with van der Waals surface area (Å²) in [6.45, 7) is 4.13. The van der Waals surface area contributed by atoms with Gasteiger partial charge in [-0.1, -0.05) is 47.0 Å². The molecule has 2 nitrogen and oxygen atoms in total. The molecule has 0 radical (unpaired) electrons. The van der Waals surface area contributed by atoms with E-state index in [0.717, 1.165) is 11.3 Å². The summed E-state index contributed by atoms with van der Waals surface area (Å²) in [5, 5.41) is 5.24. The Hall–Kier alpha value is -1.51. The average Bonchev–Trinajstić information content (AvgIpc) is 2.36.